The average molecular weight is 461 g/mol. The highest BCUT2D eigenvalue weighted by atomic mass is 19.4. The summed E-state index contributed by atoms with van der Waals surface area (Å²) in [6.45, 7) is 6.25. The number of ether oxygens (including phenoxy) is 1. The fraction of sp³-hybridized carbons (Fsp3) is 0.409. The third-order valence-electron chi connectivity index (χ3n) is 5.75. The minimum absolute atomic E-state index is 0.0570. The van der Waals surface area contributed by atoms with Gasteiger partial charge in [-0.2, -0.15) is 18.3 Å². The lowest BCUT2D eigenvalue weighted by molar-refractivity contribution is -0.138. The first-order valence-electron chi connectivity index (χ1n) is 10.5. The molecule has 1 aromatic carbocycles. The Balaban J connectivity index is 1.70. The number of benzene rings is 1. The number of alkyl halides is 3. The van der Waals surface area contributed by atoms with Gasteiger partial charge < -0.3 is 26.4 Å². The van der Waals surface area contributed by atoms with E-state index >= 15 is 0 Å². The fourth-order valence-electron chi connectivity index (χ4n) is 4.14. The molecule has 3 heterocycles. The third kappa shape index (κ3) is 4.70. The lowest BCUT2D eigenvalue weighted by atomic mass is 10.00. The lowest BCUT2D eigenvalue weighted by Gasteiger charge is -2.35. The van der Waals surface area contributed by atoms with Gasteiger partial charge in [-0.05, 0) is 44.0 Å². The van der Waals surface area contributed by atoms with E-state index in [0.717, 1.165) is 11.5 Å². The van der Waals surface area contributed by atoms with Crippen LogP contribution in [0.25, 0.3) is 10.8 Å². The summed E-state index contributed by atoms with van der Waals surface area (Å²) in [4.78, 5) is 6.58. The molecule has 2 aromatic heterocycles. The molecule has 0 unspecified atom stereocenters. The van der Waals surface area contributed by atoms with Gasteiger partial charge in [-0.25, -0.2) is 4.98 Å². The third-order valence-corrected chi connectivity index (χ3v) is 5.75. The number of aromatic nitrogens is 3. The smallest absolute Gasteiger partial charge is 0.357 e. The summed E-state index contributed by atoms with van der Waals surface area (Å²) in [5, 5.41) is 12.9. The number of fused-ring (bicyclic) bond motifs is 1. The highest BCUT2D eigenvalue weighted by molar-refractivity contribution is 5.94. The van der Waals surface area contributed by atoms with Gasteiger partial charge in [-0.3, -0.25) is 0 Å². The Morgan fingerprint density at radius 1 is 1.18 bits per heavy atom. The number of hydrogen-bond donors (Lipinski definition) is 3. The summed E-state index contributed by atoms with van der Waals surface area (Å²) in [6, 6.07) is 5.81. The number of pyridine rings is 1. The maximum atomic E-state index is 13.3. The van der Waals surface area contributed by atoms with Gasteiger partial charge in [0.2, 0.25) is 0 Å². The Morgan fingerprint density at radius 3 is 2.64 bits per heavy atom. The van der Waals surface area contributed by atoms with Crippen LogP contribution in [-0.2, 0) is 10.9 Å². The van der Waals surface area contributed by atoms with E-state index in [1.807, 2.05) is 24.8 Å². The van der Waals surface area contributed by atoms with Crippen LogP contribution in [0, 0.1) is 13.8 Å². The predicted octanol–water partition coefficient (Wildman–Crippen LogP) is 3.24. The standard InChI is InChI=1S/C22H26F3N7O/c1-11-9-32(10-18(26)33-11)19-7-15-16(8-28-19)13(3)30-31-21(15)29-20(27)14-5-4-6-17(12(14)2)22(23,24)25/h4-8,11,18,20H,9-10,26-27H2,1-3H3,(H,29,31)/t11-,18-,20-/m0/s1. The van der Waals surface area contributed by atoms with Gasteiger partial charge in [-0.15, -0.1) is 5.10 Å². The number of nitrogens with two attached hydrogens (primary N) is 2. The molecule has 0 amide bonds. The number of morpholine rings is 1. The van der Waals surface area contributed by atoms with Gasteiger partial charge in [-0.1, -0.05) is 12.1 Å². The second-order valence-corrected chi connectivity index (χ2v) is 8.25. The minimum Gasteiger partial charge on any atom is -0.357 e. The van der Waals surface area contributed by atoms with Crippen molar-refractivity contribution in [1.82, 2.24) is 15.2 Å². The number of nitrogens with one attached hydrogen (secondary N) is 1. The minimum atomic E-state index is -4.47. The highest BCUT2D eigenvalue weighted by Crippen LogP contribution is 2.35. The Labute approximate surface area is 189 Å². The van der Waals surface area contributed by atoms with Crippen LogP contribution in [0.3, 0.4) is 0 Å². The van der Waals surface area contributed by atoms with Crippen LogP contribution < -0.4 is 21.7 Å². The van der Waals surface area contributed by atoms with Crippen LogP contribution in [0.2, 0.25) is 0 Å². The molecule has 5 N–H and O–H groups in total. The molecule has 0 spiro atoms. The molecule has 33 heavy (non-hydrogen) atoms. The zero-order chi connectivity index (χ0) is 23.9. The lowest BCUT2D eigenvalue weighted by Crippen LogP contribution is -2.50. The van der Waals surface area contributed by atoms with Gasteiger partial charge in [0.25, 0.3) is 0 Å². The van der Waals surface area contributed by atoms with Crippen LogP contribution in [0.1, 0.15) is 35.5 Å². The summed E-state index contributed by atoms with van der Waals surface area (Å²) in [7, 11) is 0. The van der Waals surface area contributed by atoms with Gasteiger partial charge in [0.05, 0.1) is 23.9 Å². The molecule has 3 atom stereocenters. The summed E-state index contributed by atoms with van der Waals surface area (Å²) < 4.78 is 45.6. The van der Waals surface area contributed by atoms with Crippen LogP contribution in [0.15, 0.2) is 30.5 Å². The number of hydrogen-bond acceptors (Lipinski definition) is 8. The molecular weight excluding hydrogens is 435 g/mol. The number of anilines is 2. The number of nitrogens with zero attached hydrogens (tertiary/aromatic N) is 4. The van der Waals surface area contributed by atoms with Crippen LogP contribution in [0.5, 0.6) is 0 Å². The normalized spacial score (nSPS) is 20.2. The molecule has 1 fully saturated rings. The van der Waals surface area contributed by atoms with E-state index in [1.54, 1.807) is 12.3 Å². The number of rotatable bonds is 4. The van der Waals surface area contributed by atoms with E-state index in [1.165, 1.54) is 13.0 Å². The molecule has 3 aromatic rings. The zero-order valence-corrected chi connectivity index (χ0v) is 18.5. The summed E-state index contributed by atoms with van der Waals surface area (Å²) in [5.41, 5.74) is 12.6. The molecule has 1 saturated heterocycles. The van der Waals surface area contributed by atoms with Crippen LogP contribution in [-0.4, -0.2) is 40.6 Å². The van der Waals surface area contributed by atoms with Crippen molar-refractivity contribution >= 4 is 22.4 Å². The van der Waals surface area contributed by atoms with Crippen molar-refractivity contribution in [2.24, 2.45) is 11.5 Å². The first-order valence-corrected chi connectivity index (χ1v) is 10.5. The largest absolute Gasteiger partial charge is 0.416 e. The van der Waals surface area contributed by atoms with Crippen molar-refractivity contribution in [2.75, 3.05) is 23.3 Å². The van der Waals surface area contributed by atoms with Crippen LogP contribution >= 0.6 is 0 Å². The topological polar surface area (TPSA) is 115 Å². The van der Waals surface area contributed by atoms with Crippen molar-refractivity contribution in [2.45, 2.75) is 45.4 Å². The zero-order valence-electron chi connectivity index (χ0n) is 18.5. The molecule has 4 rings (SSSR count). The van der Waals surface area contributed by atoms with E-state index in [-0.39, 0.29) is 11.7 Å². The predicted molar refractivity (Wildman–Crippen MR) is 120 cm³/mol. The Kier molecular flexibility index (Phi) is 6.12. The van der Waals surface area contributed by atoms with Gasteiger partial charge in [0.1, 0.15) is 18.2 Å². The number of aryl methyl sites for hydroxylation is 1. The van der Waals surface area contributed by atoms with E-state index in [2.05, 4.69) is 20.5 Å². The van der Waals surface area contributed by atoms with Crippen molar-refractivity contribution in [3.05, 3.63) is 52.8 Å². The first-order chi connectivity index (χ1) is 15.5. The second kappa shape index (κ2) is 8.73. The monoisotopic (exact) mass is 461 g/mol. The van der Waals surface area contributed by atoms with E-state index in [4.69, 9.17) is 16.2 Å². The molecule has 0 radical (unpaired) electrons. The quantitative estimate of drug-likeness (QED) is 0.508. The molecule has 176 valence electrons. The molecule has 0 bridgehead atoms. The first kappa shape index (κ1) is 23.1. The molecule has 0 aliphatic carbocycles. The second-order valence-electron chi connectivity index (χ2n) is 8.25. The summed E-state index contributed by atoms with van der Waals surface area (Å²) >= 11 is 0. The molecule has 8 nitrogen and oxygen atoms in total. The Bertz CT molecular complexity index is 1160. The molecule has 1 aliphatic heterocycles. The molecule has 11 heteroatoms. The SMILES string of the molecule is Cc1c([C@@H](N)Nc2nnc(C)c3cnc(N4C[C@@H](N)O[C@@H](C)C4)cc23)cccc1C(F)(F)F. The summed E-state index contributed by atoms with van der Waals surface area (Å²) in [5.74, 6) is 1.04. The summed E-state index contributed by atoms with van der Waals surface area (Å²) in [6.07, 6.45) is -4.18. The van der Waals surface area contributed by atoms with E-state index < -0.39 is 24.1 Å². The highest BCUT2D eigenvalue weighted by Gasteiger charge is 2.33. The van der Waals surface area contributed by atoms with Crippen LogP contribution in [0.4, 0.5) is 24.8 Å². The van der Waals surface area contributed by atoms with Crippen molar-refractivity contribution in [1.29, 1.82) is 0 Å². The molecule has 1 aliphatic rings. The van der Waals surface area contributed by atoms with Crippen molar-refractivity contribution in [3.8, 4) is 0 Å². The average Bonchev–Trinajstić information content (AvgIpc) is 2.74. The maximum Gasteiger partial charge on any atom is 0.416 e. The van der Waals surface area contributed by atoms with Gasteiger partial charge in [0, 0.05) is 23.5 Å². The Hall–Kier alpha value is -3.02. The fourth-order valence-corrected chi connectivity index (χ4v) is 4.14. The molecular formula is C22H26F3N7O. The Morgan fingerprint density at radius 2 is 1.94 bits per heavy atom. The van der Waals surface area contributed by atoms with Crippen molar-refractivity contribution < 1.29 is 17.9 Å². The van der Waals surface area contributed by atoms with Gasteiger partial charge >= 0.3 is 6.18 Å². The van der Waals surface area contributed by atoms with Crippen molar-refractivity contribution in [3.63, 3.8) is 0 Å². The van der Waals surface area contributed by atoms with E-state index in [9.17, 15) is 13.2 Å². The van der Waals surface area contributed by atoms with E-state index in [0.29, 0.717) is 41.4 Å². The number of halogens is 3. The maximum absolute atomic E-state index is 13.3. The van der Waals surface area contributed by atoms with Gasteiger partial charge in [0.15, 0.2) is 5.82 Å². The molecule has 0 saturated carbocycles.